The number of aromatic nitrogens is 3. The number of rotatable bonds is 5. The Morgan fingerprint density at radius 2 is 2.32 bits per heavy atom. The van der Waals surface area contributed by atoms with Crippen molar-refractivity contribution in [3.8, 4) is 0 Å². The Bertz CT molecular complexity index is 696. The van der Waals surface area contributed by atoms with E-state index in [0.717, 1.165) is 42.0 Å². The van der Waals surface area contributed by atoms with Crippen molar-refractivity contribution >= 4 is 5.91 Å². The number of carbonyl (C=O) groups is 1. The normalized spacial score (nSPS) is 21.2. The first-order valence-corrected chi connectivity index (χ1v) is 8.62. The highest BCUT2D eigenvalue weighted by Gasteiger charge is 2.29. The lowest BCUT2D eigenvalue weighted by molar-refractivity contribution is -0.122. The summed E-state index contributed by atoms with van der Waals surface area (Å²) in [6, 6.07) is 3.74. The van der Waals surface area contributed by atoms with Gasteiger partial charge in [0.1, 0.15) is 0 Å². The standard InChI is InChI=1S/C18H25N5O2/c1-12-15(13(2)22-21-12)8-18(25)20-16-5-7-23(11-17(16)24)10-14-4-3-6-19-9-14/h3-4,6,9,16-17,24H,5,7-8,10-11H2,1-2H3,(H,20,25)(H,21,22)/t16-,17-/m1/s1. The quantitative estimate of drug-likeness (QED) is 0.744. The predicted molar refractivity (Wildman–Crippen MR) is 93.8 cm³/mol. The number of aryl methyl sites for hydroxylation is 2. The van der Waals surface area contributed by atoms with Crippen molar-refractivity contribution in [1.29, 1.82) is 0 Å². The van der Waals surface area contributed by atoms with Gasteiger partial charge in [0, 0.05) is 43.3 Å². The van der Waals surface area contributed by atoms with E-state index >= 15 is 0 Å². The molecule has 1 amide bonds. The topological polar surface area (TPSA) is 94.1 Å². The minimum Gasteiger partial charge on any atom is -0.390 e. The molecule has 3 heterocycles. The van der Waals surface area contributed by atoms with Gasteiger partial charge in [0.15, 0.2) is 0 Å². The molecule has 0 aromatic carbocycles. The molecule has 0 spiro atoms. The third kappa shape index (κ3) is 4.43. The Kier molecular flexibility index (Phi) is 5.45. The molecule has 7 nitrogen and oxygen atoms in total. The summed E-state index contributed by atoms with van der Waals surface area (Å²) < 4.78 is 0. The molecular formula is C18H25N5O2. The first kappa shape index (κ1) is 17.6. The van der Waals surface area contributed by atoms with E-state index in [1.165, 1.54) is 0 Å². The van der Waals surface area contributed by atoms with Gasteiger partial charge in [-0.05, 0) is 31.9 Å². The number of β-amino-alcohol motifs (C(OH)–C–C–N with tert-alkyl or cyclic N) is 1. The summed E-state index contributed by atoms with van der Waals surface area (Å²) in [5, 5.41) is 20.4. The third-order valence-electron chi connectivity index (χ3n) is 4.76. The van der Waals surface area contributed by atoms with Gasteiger partial charge in [0.05, 0.1) is 24.3 Å². The maximum Gasteiger partial charge on any atom is 0.224 e. The summed E-state index contributed by atoms with van der Waals surface area (Å²) in [4.78, 5) is 18.6. The molecule has 0 radical (unpaired) electrons. The lowest BCUT2D eigenvalue weighted by Crippen LogP contribution is -2.54. The number of hydrogen-bond donors (Lipinski definition) is 3. The third-order valence-corrected chi connectivity index (χ3v) is 4.76. The van der Waals surface area contributed by atoms with E-state index in [0.29, 0.717) is 6.54 Å². The van der Waals surface area contributed by atoms with Crippen LogP contribution in [0.2, 0.25) is 0 Å². The van der Waals surface area contributed by atoms with E-state index in [1.54, 1.807) is 6.20 Å². The first-order chi connectivity index (χ1) is 12.0. The number of aromatic amines is 1. The number of carbonyl (C=O) groups excluding carboxylic acids is 1. The molecule has 2 aromatic heterocycles. The lowest BCUT2D eigenvalue weighted by atomic mass is 10.0. The van der Waals surface area contributed by atoms with Crippen LogP contribution in [-0.2, 0) is 17.8 Å². The molecular weight excluding hydrogens is 318 g/mol. The molecule has 2 aromatic rings. The Hall–Kier alpha value is -2.25. The van der Waals surface area contributed by atoms with Gasteiger partial charge < -0.3 is 10.4 Å². The number of aliphatic hydroxyl groups is 1. The molecule has 1 aliphatic heterocycles. The van der Waals surface area contributed by atoms with Crippen molar-refractivity contribution < 1.29 is 9.90 Å². The Balaban J connectivity index is 1.51. The average Bonchev–Trinajstić information content (AvgIpc) is 2.90. The van der Waals surface area contributed by atoms with Gasteiger partial charge in [-0.2, -0.15) is 5.10 Å². The van der Waals surface area contributed by atoms with E-state index in [2.05, 4.69) is 25.4 Å². The highest BCUT2D eigenvalue weighted by molar-refractivity contribution is 5.79. The highest BCUT2D eigenvalue weighted by atomic mass is 16.3. The predicted octanol–water partition coefficient (Wildman–Crippen LogP) is 0.716. The van der Waals surface area contributed by atoms with Gasteiger partial charge in [-0.1, -0.05) is 6.07 Å². The number of H-pyrrole nitrogens is 1. The molecule has 0 unspecified atom stereocenters. The summed E-state index contributed by atoms with van der Waals surface area (Å²) in [6.45, 7) is 5.94. The number of nitrogens with one attached hydrogen (secondary N) is 2. The average molecular weight is 343 g/mol. The van der Waals surface area contributed by atoms with Crippen molar-refractivity contribution in [3.63, 3.8) is 0 Å². The number of amides is 1. The molecule has 1 saturated heterocycles. The second-order valence-corrected chi connectivity index (χ2v) is 6.72. The number of hydrogen-bond acceptors (Lipinski definition) is 5. The monoisotopic (exact) mass is 343 g/mol. The molecule has 1 fully saturated rings. The van der Waals surface area contributed by atoms with Crippen LogP contribution in [0.3, 0.4) is 0 Å². The van der Waals surface area contributed by atoms with Crippen LogP contribution in [0.5, 0.6) is 0 Å². The van der Waals surface area contributed by atoms with Crippen LogP contribution in [-0.4, -0.2) is 56.3 Å². The smallest absolute Gasteiger partial charge is 0.224 e. The molecule has 1 aliphatic rings. The number of likely N-dealkylation sites (tertiary alicyclic amines) is 1. The number of pyridine rings is 1. The fourth-order valence-corrected chi connectivity index (χ4v) is 3.31. The summed E-state index contributed by atoms with van der Waals surface area (Å²) in [7, 11) is 0. The van der Waals surface area contributed by atoms with Gasteiger partial charge in [-0.15, -0.1) is 0 Å². The summed E-state index contributed by atoms with van der Waals surface area (Å²) in [5.74, 6) is -0.0719. The van der Waals surface area contributed by atoms with Gasteiger partial charge in [-0.3, -0.25) is 19.8 Å². The summed E-state index contributed by atoms with van der Waals surface area (Å²) in [5.41, 5.74) is 3.82. The minimum absolute atomic E-state index is 0.0719. The van der Waals surface area contributed by atoms with Crippen LogP contribution >= 0.6 is 0 Å². The van der Waals surface area contributed by atoms with Crippen LogP contribution in [0.25, 0.3) is 0 Å². The molecule has 3 N–H and O–H groups in total. The zero-order valence-corrected chi connectivity index (χ0v) is 14.7. The number of piperidine rings is 1. The van der Waals surface area contributed by atoms with Crippen molar-refractivity contribution in [2.45, 2.75) is 45.4 Å². The SMILES string of the molecule is Cc1n[nH]c(C)c1CC(=O)N[C@@H]1CCN(Cc2cccnc2)C[C@H]1O. The van der Waals surface area contributed by atoms with Crippen LogP contribution in [0.4, 0.5) is 0 Å². The second-order valence-electron chi connectivity index (χ2n) is 6.72. The highest BCUT2D eigenvalue weighted by Crippen LogP contribution is 2.15. The zero-order chi connectivity index (χ0) is 17.8. The van der Waals surface area contributed by atoms with E-state index in [-0.39, 0.29) is 18.4 Å². The number of aliphatic hydroxyl groups excluding tert-OH is 1. The van der Waals surface area contributed by atoms with Gasteiger partial charge in [0.2, 0.25) is 5.91 Å². The summed E-state index contributed by atoms with van der Waals surface area (Å²) in [6.07, 6.45) is 4.05. The molecule has 0 saturated carbocycles. The minimum atomic E-state index is -0.569. The van der Waals surface area contributed by atoms with E-state index < -0.39 is 6.10 Å². The van der Waals surface area contributed by atoms with Crippen LogP contribution in [0.15, 0.2) is 24.5 Å². The largest absolute Gasteiger partial charge is 0.390 e. The van der Waals surface area contributed by atoms with Crippen LogP contribution in [0.1, 0.15) is 28.9 Å². The van der Waals surface area contributed by atoms with Gasteiger partial charge in [0.25, 0.3) is 0 Å². The number of nitrogens with zero attached hydrogens (tertiary/aromatic N) is 3. The first-order valence-electron chi connectivity index (χ1n) is 8.62. The molecule has 25 heavy (non-hydrogen) atoms. The molecule has 3 rings (SSSR count). The van der Waals surface area contributed by atoms with Crippen molar-refractivity contribution in [2.75, 3.05) is 13.1 Å². The fraction of sp³-hybridized carbons (Fsp3) is 0.500. The van der Waals surface area contributed by atoms with E-state index in [9.17, 15) is 9.90 Å². The van der Waals surface area contributed by atoms with Gasteiger partial charge in [-0.25, -0.2) is 0 Å². The Morgan fingerprint density at radius 3 is 2.96 bits per heavy atom. The van der Waals surface area contributed by atoms with Gasteiger partial charge >= 0.3 is 0 Å². The Labute approximate surface area is 147 Å². The van der Waals surface area contributed by atoms with Crippen LogP contribution < -0.4 is 5.32 Å². The molecule has 0 bridgehead atoms. The van der Waals surface area contributed by atoms with E-state index in [1.807, 2.05) is 32.2 Å². The van der Waals surface area contributed by atoms with E-state index in [4.69, 9.17) is 0 Å². The molecule has 7 heteroatoms. The summed E-state index contributed by atoms with van der Waals surface area (Å²) >= 11 is 0. The zero-order valence-electron chi connectivity index (χ0n) is 14.7. The van der Waals surface area contributed by atoms with Crippen molar-refractivity contribution in [2.24, 2.45) is 0 Å². The fourth-order valence-electron chi connectivity index (χ4n) is 3.31. The van der Waals surface area contributed by atoms with Crippen LogP contribution in [0, 0.1) is 13.8 Å². The lowest BCUT2D eigenvalue weighted by Gasteiger charge is -2.36. The molecule has 0 aliphatic carbocycles. The molecule has 134 valence electrons. The second kappa shape index (κ2) is 7.76. The Morgan fingerprint density at radius 1 is 1.48 bits per heavy atom. The van der Waals surface area contributed by atoms with Crippen molar-refractivity contribution in [1.82, 2.24) is 25.4 Å². The maximum absolute atomic E-state index is 12.3. The maximum atomic E-state index is 12.3. The van der Waals surface area contributed by atoms with Crippen molar-refractivity contribution in [3.05, 3.63) is 47.0 Å². The molecule has 2 atom stereocenters.